The Morgan fingerprint density at radius 3 is 2.53 bits per heavy atom. The van der Waals surface area contributed by atoms with E-state index in [1.54, 1.807) is 6.07 Å². The van der Waals surface area contributed by atoms with Crippen LogP contribution in [0.3, 0.4) is 0 Å². The fraction of sp³-hybridized carbons (Fsp3) is 0.125. The normalized spacial score (nSPS) is 10.8. The van der Waals surface area contributed by atoms with Gasteiger partial charge in [0.25, 0.3) is 5.91 Å². The summed E-state index contributed by atoms with van der Waals surface area (Å²) in [7, 11) is 0. The summed E-state index contributed by atoms with van der Waals surface area (Å²) >= 11 is 5.36. The third-order valence-electron chi connectivity index (χ3n) is 5.10. The maximum atomic E-state index is 12.5. The van der Waals surface area contributed by atoms with Crippen LogP contribution in [0.25, 0.3) is 22.6 Å². The Kier molecular flexibility index (Phi) is 5.33. The van der Waals surface area contributed by atoms with Crippen molar-refractivity contribution in [2.24, 2.45) is 0 Å². The van der Waals surface area contributed by atoms with Crippen molar-refractivity contribution in [1.29, 1.82) is 0 Å². The van der Waals surface area contributed by atoms with Crippen molar-refractivity contribution in [2.75, 3.05) is 5.32 Å². The lowest BCUT2D eigenvalue weighted by Gasteiger charge is -2.14. The largest absolute Gasteiger partial charge is 0.436 e. The summed E-state index contributed by atoms with van der Waals surface area (Å²) < 4.78 is 5.90. The summed E-state index contributed by atoms with van der Waals surface area (Å²) in [6.07, 6.45) is 0. The topological polar surface area (TPSA) is 67.2 Å². The zero-order valence-corrected chi connectivity index (χ0v) is 17.8. The third kappa shape index (κ3) is 3.95. The zero-order chi connectivity index (χ0) is 21.3. The second-order valence-corrected chi connectivity index (χ2v) is 7.58. The minimum absolute atomic E-state index is 0.232. The molecule has 0 aliphatic rings. The number of rotatable bonds is 3. The Morgan fingerprint density at radius 2 is 1.77 bits per heavy atom. The average Bonchev–Trinajstić information content (AvgIpc) is 3.15. The Hall–Kier alpha value is -3.51. The van der Waals surface area contributed by atoms with Crippen molar-refractivity contribution < 1.29 is 9.21 Å². The van der Waals surface area contributed by atoms with Crippen molar-refractivity contribution in [1.82, 2.24) is 10.3 Å². The summed E-state index contributed by atoms with van der Waals surface area (Å²) in [4.78, 5) is 17.1. The molecule has 0 unspecified atom stereocenters. The van der Waals surface area contributed by atoms with Gasteiger partial charge in [-0.15, -0.1) is 0 Å². The molecular weight excluding hydrogens is 394 g/mol. The predicted octanol–water partition coefficient (Wildman–Crippen LogP) is 5.55. The average molecular weight is 416 g/mol. The van der Waals surface area contributed by atoms with Gasteiger partial charge in [-0.3, -0.25) is 10.1 Å². The van der Waals surface area contributed by atoms with Crippen LogP contribution in [0.15, 0.2) is 65.1 Å². The van der Waals surface area contributed by atoms with Crippen molar-refractivity contribution >= 4 is 40.0 Å². The van der Waals surface area contributed by atoms with E-state index in [-0.39, 0.29) is 11.0 Å². The molecule has 1 aromatic heterocycles. The summed E-state index contributed by atoms with van der Waals surface area (Å²) in [5.41, 5.74) is 6.87. The van der Waals surface area contributed by atoms with Crippen molar-refractivity contribution in [3.63, 3.8) is 0 Å². The number of thiocarbonyl (C=S) groups is 1. The lowest BCUT2D eigenvalue weighted by atomic mass is 10.1. The monoisotopic (exact) mass is 415 g/mol. The number of nitrogens with zero attached hydrogens (tertiary/aromatic N) is 1. The van der Waals surface area contributed by atoms with Gasteiger partial charge in [-0.2, -0.15) is 0 Å². The van der Waals surface area contributed by atoms with Crippen LogP contribution < -0.4 is 10.6 Å². The first kappa shape index (κ1) is 19.8. The zero-order valence-electron chi connectivity index (χ0n) is 16.9. The van der Waals surface area contributed by atoms with Crippen LogP contribution in [-0.2, 0) is 0 Å². The molecule has 30 heavy (non-hydrogen) atoms. The number of hydrogen-bond acceptors (Lipinski definition) is 4. The SMILES string of the molecule is Cc1ccc(C(=O)NC(=S)Nc2cccc(-c3nc4ccccc4o3)c2C)cc1C. The molecule has 0 saturated carbocycles. The number of aromatic nitrogens is 1. The van der Waals surface area contributed by atoms with Crippen LogP contribution >= 0.6 is 12.2 Å². The molecule has 3 aromatic carbocycles. The Morgan fingerprint density at radius 1 is 0.967 bits per heavy atom. The lowest BCUT2D eigenvalue weighted by Crippen LogP contribution is -2.34. The number of aryl methyl sites for hydroxylation is 2. The van der Waals surface area contributed by atoms with Crippen molar-refractivity contribution in [3.8, 4) is 11.5 Å². The maximum absolute atomic E-state index is 12.5. The second kappa shape index (κ2) is 8.08. The van der Waals surface area contributed by atoms with Gasteiger partial charge in [0.05, 0.1) is 0 Å². The number of nitrogens with one attached hydrogen (secondary N) is 2. The number of fused-ring (bicyclic) bond motifs is 1. The molecule has 0 spiro atoms. The summed E-state index contributed by atoms with van der Waals surface area (Å²) in [6, 6.07) is 19.0. The highest BCUT2D eigenvalue weighted by Gasteiger charge is 2.14. The standard InChI is InChI=1S/C24H21N3O2S/c1-14-11-12-17(13-15(14)2)22(28)27-24(30)26-19-9-6-7-18(16(19)3)23-25-20-8-4-5-10-21(20)29-23/h4-13H,1-3H3,(H2,26,27,28,30). The van der Waals surface area contributed by atoms with Crippen LogP contribution in [0.5, 0.6) is 0 Å². The number of benzene rings is 3. The van der Waals surface area contributed by atoms with Gasteiger partial charge < -0.3 is 9.73 Å². The van der Waals surface area contributed by atoms with E-state index in [4.69, 9.17) is 16.6 Å². The Balaban J connectivity index is 1.53. The molecule has 0 radical (unpaired) electrons. The molecule has 1 amide bonds. The lowest BCUT2D eigenvalue weighted by molar-refractivity contribution is 0.0977. The summed E-state index contributed by atoms with van der Waals surface area (Å²) in [5, 5.41) is 6.08. The van der Waals surface area contributed by atoms with E-state index in [0.717, 1.165) is 39.0 Å². The van der Waals surface area contributed by atoms with Crippen LogP contribution in [0.2, 0.25) is 0 Å². The second-order valence-electron chi connectivity index (χ2n) is 7.17. The van der Waals surface area contributed by atoms with E-state index in [9.17, 15) is 4.79 Å². The first-order valence-corrected chi connectivity index (χ1v) is 9.98. The Bertz CT molecular complexity index is 1240. The third-order valence-corrected chi connectivity index (χ3v) is 5.31. The van der Waals surface area contributed by atoms with E-state index in [2.05, 4.69) is 15.6 Å². The van der Waals surface area contributed by atoms with Crippen LogP contribution in [-0.4, -0.2) is 16.0 Å². The van der Waals surface area contributed by atoms with Gasteiger partial charge in [0.15, 0.2) is 10.7 Å². The molecule has 1 heterocycles. The van der Waals surface area contributed by atoms with Crippen molar-refractivity contribution in [3.05, 3.63) is 82.9 Å². The minimum Gasteiger partial charge on any atom is -0.436 e. The summed E-state index contributed by atoms with van der Waals surface area (Å²) in [6.45, 7) is 5.94. The van der Waals surface area contributed by atoms with Gasteiger partial charge >= 0.3 is 0 Å². The van der Waals surface area contributed by atoms with E-state index < -0.39 is 0 Å². The number of oxazole rings is 1. The first-order chi connectivity index (χ1) is 14.4. The van der Waals surface area contributed by atoms with Gasteiger partial charge in [0.2, 0.25) is 5.89 Å². The maximum Gasteiger partial charge on any atom is 0.257 e. The summed E-state index contributed by atoms with van der Waals surface area (Å²) in [5.74, 6) is 0.297. The highest BCUT2D eigenvalue weighted by atomic mass is 32.1. The van der Waals surface area contributed by atoms with Crippen molar-refractivity contribution in [2.45, 2.75) is 20.8 Å². The fourth-order valence-corrected chi connectivity index (χ4v) is 3.40. The highest BCUT2D eigenvalue weighted by Crippen LogP contribution is 2.30. The van der Waals surface area contributed by atoms with Crippen LogP contribution in [0.1, 0.15) is 27.0 Å². The number of para-hydroxylation sites is 2. The van der Waals surface area contributed by atoms with Crippen LogP contribution in [0, 0.1) is 20.8 Å². The number of hydrogen-bond donors (Lipinski definition) is 2. The molecule has 0 fully saturated rings. The molecule has 2 N–H and O–H groups in total. The molecule has 0 atom stereocenters. The van der Waals surface area contributed by atoms with E-state index in [0.29, 0.717) is 11.5 Å². The molecular formula is C24H21N3O2S. The highest BCUT2D eigenvalue weighted by molar-refractivity contribution is 7.80. The smallest absolute Gasteiger partial charge is 0.257 e. The van der Waals surface area contributed by atoms with Gasteiger partial charge in [0, 0.05) is 16.8 Å². The number of carbonyl (C=O) groups excluding carboxylic acids is 1. The van der Waals surface area contributed by atoms with E-state index >= 15 is 0 Å². The molecule has 4 aromatic rings. The van der Waals surface area contributed by atoms with E-state index in [1.165, 1.54) is 0 Å². The van der Waals surface area contributed by atoms with E-state index in [1.807, 2.05) is 75.4 Å². The molecule has 0 aliphatic heterocycles. The molecule has 0 aliphatic carbocycles. The van der Waals surface area contributed by atoms with Gasteiger partial charge in [-0.05, 0) is 86.1 Å². The first-order valence-electron chi connectivity index (χ1n) is 9.57. The molecule has 150 valence electrons. The van der Waals surface area contributed by atoms with Gasteiger partial charge in [-0.1, -0.05) is 24.3 Å². The number of amides is 1. The Labute approximate surface area is 180 Å². The molecule has 5 nitrogen and oxygen atoms in total. The number of anilines is 1. The van der Waals surface area contributed by atoms with Gasteiger partial charge in [0.1, 0.15) is 5.52 Å². The molecule has 0 bridgehead atoms. The van der Waals surface area contributed by atoms with Crippen LogP contribution in [0.4, 0.5) is 5.69 Å². The molecule has 6 heteroatoms. The molecule has 4 rings (SSSR count). The predicted molar refractivity (Wildman–Crippen MR) is 124 cm³/mol. The fourth-order valence-electron chi connectivity index (χ4n) is 3.20. The minimum atomic E-state index is -0.247. The quantitative estimate of drug-likeness (QED) is 0.430. The number of carbonyl (C=O) groups is 1. The van der Waals surface area contributed by atoms with Gasteiger partial charge in [-0.25, -0.2) is 4.98 Å². The molecule has 0 saturated heterocycles.